The monoisotopic (exact) mass is 332 g/mol. The van der Waals surface area contributed by atoms with Crippen LogP contribution in [-0.4, -0.2) is 26.2 Å². The summed E-state index contributed by atoms with van der Waals surface area (Å²) in [5, 5.41) is 10.7. The zero-order valence-corrected chi connectivity index (χ0v) is 13.2. The molecule has 20 heavy (non-hydrogen) atoms. The maximum atomic E-state index is 10.7. The zero-order valence-electron chi connectivity index (χ0n) is 11.5. The Kier molecular flexibility index (Phi) is 4.26. The van der Waals surface area contributed by atoms with E-state index in [0.717, 1.165) is 19.3 Å². The molecule has 1 aliphatic carbocycles. The normalized spacial score (nSPS) is 26.4. The predicted molar refractivity (Wildman–Crippen MR) is 84.4 cm³/mol. The molecular formula is C18H20OSe. The second-order valence-corrected chi connectivity index (χ2v) is 8.38. The molecule has 1 N–H and O–H groups in total. The summed E-state index contributed by atoms with van der Waals surface area (Å²) in [5.41, 5.74) is 1.32. The molecule has 0 heterocycles. The van der Waals surface area contributed by atoms with Crippen molar-refractivity contribution >= 4 is 19.4 Å². The quantitative estimate of drug-likeness (QED) is 0.858. The Morgan fingerprint density at radius 3 is 2.20 bits per heavy atom. The van der Waals surface area contributed by atoms with Gasteiger partial charge < -0.3 is 0 Å². The molecule has 2 aromatic carbocycles. The predicted octanol–water partition coefficient (Wildman–Crippen LogP) is 2.85. The third-order valence-electron chi connectivity index (χ3n) is 4.12. The van der Waals surface area contributed by atoms with Gasteiger partial charge in [0.25, 0.3) is 0 Å². The number of hydrogen-bond acceptors (Lipinski definition) is 1. The molecule has 0 unspecified atom stereocenters. The van der Waals surface area contributed by atoms with Gasteiger partial charge in [-0.1, -0.05) is 0 Å². The molecular weight excluding hydrogens is 311 g/mol. The zero-order chi connectivity index (χ0) is 13.8. The van der Waals surface area contributed by atoms with Crippen LogP contribution in [0, 0.1) is 0 Å². The molecule has 0 saturated heterocycles. The molecule has 0 aliphatic heterocycles. The summed E-state index contributed by atoms with van der Waals surface area (Å²) in [6, 6.07) is 21.3. The minimum absolute atomic E-state index is 0.0478. The molecule has 0 amide bonds. The van der Waals surface area contributed by atoms with Crippen LogP contribution in [0.25, 0.3) is 0 Å². The summed E-state index contributed by atoms with van der Waals surface area (Å²) in [6.07, 6.45) is 4.21. The number of aliphatic hydroxyl groups is 1. The second kappa shape index (κ2) is 6.13. The molecule has 0 bridgehead atoms. The molecule has 0 aromatic heterocycles. The Bertz CT molecular complexity index is 540. The number of aliphatic hydroxyl groups excluding tert-OH is 1. The number of hydrogen-bond donors (Lipinski definition) is 1. The van der Waals surface area contributed by atoms with Crippen molar-refractivity contribution in [2.24, 2.45) is 0 Å². The molecule has 1 nitrogen and oxygen atoms in total. The minimum atomic E-state index is -0.209. The van der Waals surface area contributed by atoms with E-state index in [1.165, 1.54) is 16.4 Å². The molecule has 2 aromatic rings. The van der Waals surface area contributed by atoms with Gasteiger partial charge in [0, 0.05) is 0 Å². The molecule has 0 spiro atoms. The molecule has 1 saturated carbocycles. The summed E-state index contributed by atoms with van der Waals surface area (Å²) < 4.78 is 1.33. The van der Waals surface area contributed by atoms with Crippen LogP contribution >= 0.6 is 0 Å². The molecule has 104 valence electrons. The van der Waals surface area contributed by atoms with E-state index < -0.39 is 0 Å². The van der Waals surface area contributed by atoms with Crippen LogP contribution in [0.15, 0.2) is 60.7 Å². The van der Waals surface area contributed by atoms with Crippen molar-refractivity contribution in [3.05, 3.63) is 66.2 Å². The van der Waals surface area contributed by atoms with E-state index in [-0.39, 0.29) is 25.4 Å². The van der Waals surface area contributed by atoms with E-state index in [9.17, 15) is 5.11 Å². The van der Waals surface area contributed by atoms with Crippen molar-refractivity contribution < 1.29 is 5.11 Å². The van der Waals surface area contributed by atoms with Gasteiger partial charge in [0.15, 0.2) is 0 Å². The van der Waals surface area contributed by atoms with Gasteiger partial charge >= 0.3 is 127 Å². The maximum absolute atomic E-state index is 10.7. The first-order valence-electron chi connectivity index (χ1n) is 7.29. The van der Waals surface area contributed by atoms with Gasteiger partial charge in [-0.05, 0) is 0 Å². The molecule has 2 heteroatoms. The Morgan fingerprint density at radius 1 is 0.900 bits per heavy atom. The first-order chi connectivity index (χ1) is 9.81. The van der Waals surface area contributed by atoms with Crippen LogP contribution in [-0.2, 0) is 4.31 Å². The fourth-order valence-corrected chi connectivity index (χ4v) is 6.14. The SMILES string of the molecule is O[C@@H]1CCCC[C@]1([Se]c1ccccc1)c1ccccc1. The average Bonchev–Trinajstić information content (AvgIpc) is 2.52. The second-order valence-electron chi connectivity index (χ2n) is 5.43. The Morgan fingerprint density at radius 2 is 1.55 bits per heavy atom. The summed E-state index contributed by atoms with van der Waals surface area (Å²) in [6.45, 7) is 0. The van der Waals surface area contributed by atoms with Gasteiger partial charge in [-0.25, -0.2) is 0 Å². The van der Waals surface area contributed by atoms with E-state index in [1.807, 2.05) is 0 Å². The fraction of sp³-hybridized carbons (Fsp3) is 0.333. The average molecular weight is 331 g/mol. The van der Waals surface area contributed by atoms with Crippen LogP contribution in [0.3, 0.4) is 0 Å². The van der Waals surface area contributed by atoms with E-state index in [4.69, 9.17) is 0 Å². The van der Waals surface area contributed by atoms with Gasteiger partial charge in [-0.3, -0.25) is 0 Å². The first kappa shape index (κ1) is 13.9. The molecule has 1 aliphatic rings. The van der Waals surface area contributed by atoms with E-state index in [0.29, 0.717) is 0 Å². The standard InChI is InChI=1S/C18H20OSe/c19-17-13-7-8-14-18(17,15-9-3-1-4-10-15)20-16-11-5-2-6-12-16/h1-6,9-12,17,19H,7-8,13-14H2/t17-,18+/m1/s1. The van der Waals surface area contributed by atoms with E-state index >= 15 is 0 Å². The fourth-order valence-electron chi connectivity index (χ4n) is 3.06. The van der Waals surface area contributed by atoms with E-state index in [2.05, 4.69) is 60.7 Å². The van der Waals surface area contributed by atoms with Crippen LogP contribution in [0.5, 0.6) is 0 Å². The van der Waals surface area contributed by atoms with Crippen molar-refractivity contribution in [3.8, 4) is 0 Å². The van der Waals surface area contributed by atoms with Gasteiger partial charge in [0.1, 0.15) is 0 Å². The van der Waals surface area contributed by atoms with Gasteiger partial charge in [-0.15, -0.1) is 0 Å². The molecule has 0 radical (unpaired) electrons. The first-order valence-corrected chi connectivity index (χ1v) is 9.00. The summed E-state index contributed by atoms with van der Waals surface area (Å²) in [7, 11) is 0. The van der Waals surface area contributed by atoms with Crippen LogP contribution in [0.4, 0.5) is 0 Å². The van der Waals surface area contributed by atoms with Crippen LogP contribution < -0.4 is 4.46 Å². The van der Waals surface area contributed by atoms with E-state index in [1.54, 1.807) is 0 Å². The molecule has 2 atom stereocenters. The topological polar surface area (TPSA) is 20.2 Å². The Balaban J connectivity index is 1.99. The third-order valence-corrected chi connectivity index (χ3v) is 7.44. The van der Waals surface area contributed by atoms with Crippen molar-refractivity contribution in [3.63, 3.8) is 0 Å². The van der Waals surface area contributed by atoms with Crippen molar-refractivity contribution in [2.45, 2.75) is 36.1 Å². The van der Waals surface area contributed by atoms with Crippen molar-refractivity contribution in [1.29, 1.82) is 0 Å². The number of rotatable bonds is 3. The van der Waals surface area contributed by atoms with Crippen LogP contribution in [0.2, 0.25) is 0 Å². The molecule has 1 fully saturated rings. The van der Waals surface area contributed by atoms with Crippen molar-refractivity contribution in [1.82, 2.24) is 0 Å². The van der Waals surface area contributed by atoms with Crippen molar-refractivity contribution in [2.75, 3.05) is 0 Å². The third kappa shape index (κ3) is 2.69. The van der Waals surface area contributed by atoms with Crippen LogP contribution in [0.1, 0.15) is 31.2 Å². The summed E-state index contributed by atoms with van der Waals surface area (Å²) in [4.78, 5) is 0. The summed E-state index contributed by atoms with van der Waals surface area (Å²) >= 11 is 0.259. The Hall–Kier alpha value is -1.08. The van der Waals surface area contributed by atoms with Gasteiger partial charge in [0.05, 0.1) is 0 Å². The van der Waals surface area contributed by atoms with Gasteiger partial charge in [0.2, 0.25) is 0 Å². The number of benzene rings is 2. The Labute approximate surface area is 127 Å². The van der Waals surface area contributed by atoms with Gasteiger partial charge in [-0.2, -0.15) is 0 Å². The summed E-state index contributed by atoms with van der Waals surface area (Å²) in [5.74, 6) is 0. The molecule has 3 rings (SSSR count).